The van der Waals surface area contributed by atoms with Crippen LogP contribution in [-0.4, -0.2) is 18.0 Å². The topological polar surface area (TPSA) is 37.3 Å². The van der Waals surface area contributed by atoms with Crippen LogP contribution in [0.25, 0.3) is 0 Å². The van der Waals surface area contributed by atoms with E-state index in [0.29, 0.717) is 18.9 Å². The smallest absolute Gasteiger partial charge is 0.119 e. The lowest BCUT2D eigenvalue weighted by molar-refractivity contribution is -0.107. The molecule has 2 nitrogen and oxygen atoms in total. The first-order valence-electron chi connectivity index (χ1n) is 4.85. The van der Waals surface area contributed by atoms with Crippen molar-refractivity contribution in [2.24, 2.45) is 5.92 Å². The first kappa shape index (κ1) is 11.6. The summed E-state index contributed by atoms with van der Waals surface area (Å²) in [6.07, 6.45) is 7.34. The molecule has 0 saturated carbocycles. The Hall–Kier alpha value is -0.370. The zero-order valence-corrected chi connectivity index (χ0v) is 7.96. The van der Waals surface area contributed by atoms with Gasteiger partial charge in [-0.1, -0.05) is 26.2 Å². The van der Waals surface area contributed by atoms with Crippen LogP contribution in [0.1, 0.15) is 45.4 Å². The maximum Gasteiger partial charge on any atom is 0.119 e. The van der Waals surface area contributed by atoms with E-state index in [1.54, 1.807) is 0 Å². The Morgan fingerprint density at radius 1 is 1.25 bits per heavy atom. The lowest BCUT2D eigenvalue weighted by Crippen LogP contribution is -1.99. The Morgan fingerprint density at radius 3 is 2.50 bits per heavy atom. The molecule has 0 amide bonds. The minimum absolute atomic E-state index is 0.300. The number of aliphatic hydroxyl groups is 1. The van der Waals surface area contributed by atoms with Gasteiger partial charge >= 0.3 is 0 Å². The van der Waals surface area contributed by atoms with Crippen molar-refractivity contribution in [1.82, 2.24) is 0 Å². The highest BCUT2D eigenvalue weighted by Crippen LogP contribution is 2.09. The Bertz CT molecular complexity index is 102. The number of hydrogen-bond donors (Lipinski definition) is 1. The van der Waals surface area contributed by atoms with Gasteiger partial charge in [0.2, 0.25) is 0 Å². The van der Waals surface area contributed by atoms with Gasteiger partial charge < -0.3 is 9.90 Å². The molecule has 1 unspecified atom stereocenters. The van der Waals surface area contributed by atoms with E-state index in [9.17, 15) is 4.79 Å². The number of carbonyl (C=O) groups is 1. The average Bonchev–Trinajstić information content (AvgIpc) is 2.10. The molecule has 0 bridgehead atoms. The lowest BCUT2D eigenvalue weighted by atomic mass is 10.0. The molecule has 0 heterocycles. The zero-order chi connectivity index (χ0) is 9.23. The van der Waals surface area contributed by atoms with E-state index < -0.39 is 0 Å². The summed E-state index contributed by atoms with van der Waals surface area (Å²) in [6, 6.07) is 0. The fourth-order valence-electron chi connectivity index (χ4n) is 1.17. The molecule has 1 N–H and O–H groups in total. The number of carbonyl (C=O) groups excluding carboxylic acids is 1. The minimum atomic E-state index is 0.300. The van der Waals surface area contributed by atoms with Gasteiger partial charge in [0, 0.05) is 13.0 Å². The number of aldehydes is 1. The van der Waals surface area contributed by atoms with Gasteiger partial charge in [0.15, 0.2) is 0 Å². The van der Waals surface area contributed by atoms with Gasteiger partial charge in [0.1, 0.15) is 6.29 Å². The van der Waals surface area contributed by atoms with Gasteiger partial charge in [0.25, 0.3) is 0 Å². The van der Waals surface area contributed by atoms with E-state index >= 15 is 0 Å². The van der Waals surface area contributed by atoms with Crippen LogP contribution in [0.15, 0.2) is 0 Å². The van der Waals surface area contributed by atoms with Crippen LogP contribution in [0, 0.1) is 5.92 Å². The zero-order valence-electron chi connectivity index (χ0n) is 7.96. The molecular weight excluding hydrogens is 152 g/mol. The van der Waals surface area contributed by atoms with Crippen molar-refractivity contribution in [3.63, 3.8) is 0 Å². The third kappa shape index (κ3) is 7.73. The predicted octanol–water partition coefficient (Wildman–Crippen LogP) is 2.15. The summed E-state index contributed by atoms with van der Waals surface area (Å²) in [7, 11) is 0. The molecule has 2 heteroatoms. The second-order valence-corrected chi connectivity index (χ2v) is 3.45. The summed E-state index contributed by atoms with van der Waals surface area (Å²) in [5.41, 5.74) is 0. The normalized spacial score (nSPS) is 12.8. The van der Waals surface area contributed by atoms with Crippen LogP contribution in [-0.2, 0) is 4.79 Å². The molecule has 0 aliphatic rings. The monoisotopic (exact) mass is 172 g/mol. The van der Waals surface area contributed by atoms with Gasteiger partial charge in [-0.3, -0.25) is 0 Å². The molecule has 0 aromatic heterocycles. The quantitative estimate of drug-likeness (QED) is 0.450. The largest absolute Gasteiger partial charge is 0.396 e. The summed E-state index contributed by atoms with van der Waals surface area (Å²) < 4.78 is 0. The molecule has 72 valence electrons. The molecule has 0 aromatic rings. The minimum Gasteiger partial charge on any atom is -0.396 e. The van der Waals surface area contributed by atoms with Crippen molar-refractivity contribution in [3.05, 3.63) is 0 Å². The molecule has 0 radical (unpaired) electrons. The summed E-state index contributed by atoms with van der Waals surface area (Å²) in [6.45, 7) is 2.36. The third-order valence-corrected chi connectivity index (χ3v) is 2.08. The van der Waals surface area contributed by atoms with Crippen LogP contribution in [0.4, 0.5) is 0 Å². The van der Waals surface area contributed by atoms with Crippen LogP contribution < -0.4 is 0 Å². The maximum absolute atomic E-state index is 9.96. The Kier molecular flexibility index (Phi) is 8.46. The first-order chi connectivity index (χ1) is 5.81. The first-order valence-corrected chi connectivity index (χ1v) is 4.85. The summed E-state index contributed by atoms with van der Waals surface area (Å²) in [4.78, 5) is 9.96. The molecule has 0 aromatic carbocycles. The molecular formula is C10H20O2. The number of unbranched alkanes of at least 4 members (excludes halogenated alkanes) is 4. The highest BCUT2D eigenvalue weighted by atomic mass is 16.3. The van der Waals surface area contributed by atoms with E-state index in [1.165, 1.54) is 12.8 Å². The fraction of sp³-hybridized carbons (Fsp3) is 0.900. The van der Waals surface area contributed by atoms with Crippen LogP contribution in [0.5, 0.6) is 0 Å². The van der Waals surface area contributed by atoms with Crippen LogP contribution in [0.3, 0.4) is 0 Å². The van der Waals surface area contributed by atoms with Crippen molar-refractivity contribution in [2.45, 2.75) is 45.4 Å². The third-order valence-electron chi connectivity index (χ3n) is 2.08. The van der Waals surface area contributed by atoms with Gasteiger partial charge in [0.05, 0.1) is 0 Å². The molecule has 0 rings (SSSR count). The Morgan fingerprint density at radius 2 is 1.92 bits per heavy atom. The van der Waals surface area contributed by atoms with E-state index in [1.807, 2.05) is 0 Å². The van der Waals surface area contributed by atoms with Crippen molar-refractivity contribution in [1.29, 1.82) is 0 Å². The number of aliphatic hydroxyl groups excluding tert-OH is 1. The number of hydrogen-bond acceptors (Lipinski definition) is 2. The number of rotatable bonds is 8. The lowest BCUT2D eigenvalue weighted by Gasteiger charge is -2.05. The molecule has 1 atom stereocenters. The van der Waals surface area contributed by atoms with Gasteiger partial charge in [-0.25, -0.2) is 0 Å². The molecule has 0 aliphatic heterocycles. The Labute approximate surface area is 75.0 Å². The van der Waals surface area contributed by atoms with Gasteiger partial charge in [-0.15, -0.1) is 0 Å². The average molecular weight is 172 g/mol. The molecule has 0 spiro atoms. The van der Waals surface area contributed by atoms with Gasteiger partial charge in [-0.2, -0.15) is 0 Å². The Balaban J connectivity index is 2.95. The summed E-state index contributed by atoms with van der Waals surface area (Å²) >= 11 is 0. The fourth-order valence-corrected chi connectivity index (χ4v) is 1.17. The van der Waals surface area contributed by atoms with E-state index in [4.69, 9.17) is 5.11 Å². The summed E-state index contributed by atoms with van der Waals surface area (Å²) in [5, 5.41) is 8.73. The van der Waals surface area contributed by atoms with Crippen molar-refractivity contribution in [2.75, 3.05) is 6.61 Å². The highest BCUT2D eigenvalue weighted by molar-refractivity contribution is 5.48. The van der Waals surface area contributed by atoms with Crippen LogP contribution in [0.2, 0.25) is 0 Å². The molecule has 0 saturated heterocycles. The van der Waals surface area contributed by atoms with Crippen molar-refractivity contribution >= 4 is 6.29 Å². The second-order valence-electron chi connectivity index (χ2n) is 3.45. The van der Waals surface area contributed by atoms with Gasteiger partial charge in [-0.05, 0) is 18.8 Å². The maximum atomic E-state index is 9.96. The molecule has 0 aliphatic carbocycles. The van der Waals surface area contributed by atoms with E-state index in [-0.39, 0.29) is 0 Å². The highest BCUT2D eigenvalue weighted by Gasteiger charge is 1.98. The second kappa shape index (κ2) is 8.72. The van der Waals surface area contributed by atoms with Crippen LogP contribution >= 0.6 is 0 Å². The SMILES string of the molecule is CC(CO)CCCCCCC=O. The molecule has 0 fully saturated rings. The van der Waals surface area contributed by atoms with Crippen molar-refractivity contribution in [3.8, 4) is 0 Å². The standard InChI is InChI=1S/C10H20O2/c1-10(9-12)7-5-3-2-4-6-8-11/h8,10,12H,2-7,9H2,1H3. The summed E-state index contributed by atoms with van der Waals surface area (Å²) in [5.74, 6) is 0.441. The predicted molar refractivity (Wildman–Crippen MR) is 50.0 cm³/mol. The molecule has 12 heavy (non-hydrogen) atoms. The van der Waals surface area contributed by atoms with E-state index in [2.05, 4.69) is 6.92 Å². The van der Waals surface area contributed by atoms with E-state index in [0.717, 1.165) is 25.5 Å². The van der Waals surface area contributed by atoms with Crippen molar-refractivity contribution < 1.29 is 9.90 Å².